The van der Waals surface area contributed by atoms with Gasteiger partial charge in [0.15, 0.2) is 11.0 Å². The molecule has 0 aromatic carbocycles. The van der Waals surface area contributed by atoms with E-state index in [-0.39, 0.29) is 0 Å². The molecule has 0 saturated heterocycles. The molecule has 0 aliphatic heterocycles. The minimum Gasteiger partial charge on any atom is -0.217 e. The first-order valence-corrected chi connectivity index (χ1v) is 8.45. The van der Waals surface area contributed by atoms with Gasteiger partial charge in [-0.05, 0) is 54.7 Å². The second-order valence-corrected chi connectivity index (χ2v) is 7.23. The molecule has 0 radical (unpaired) electrons. The molecule has 4 nitrogen and oxygen atoms in total. The van der Waals surface area contributed by atoms with Crippen molar-refractivity contribution in [3.8, 4) is 5.82 Å². The van der Waals surface area contributed by atoms with E-state index in [1.165, 1.54) is 23.4 Å². The van der Waals surface area contributed by atoms with Gasteiger partial charge in [0.2, 0.25) is 0 Å². The van der Waals surface area contributed by atoms with Crippen LogP contribution >= 0.6 is 11.6 Å². The first kappa shape index (κ1) is 15.5. The van der Waals surface area contributed by atoms with Crippen LogP contribution in [0.4, 0.5) is 0 Å². The van der Waals surface area contributed by atoms with E-state index in [0.717, 1.165) is 18.7 Å². The highest BCUT2D eigenvalue weighted by Gasteiger charge is 2.29. The Kier molecular flexibility index (Phi) is 4.22. The quantitative estimate of drug-likeness (QED) is 0.852. The Hall–Kier alpha value is -1.42. The molecule has 0 saturated carbocycles. The molecule has 0 N–H and O–H groups in total. The second-order valence-electron chi connectivity index (χ2n) is 6.84. The van der Waals surface area contributed by atoms with Crippen LogP contribution in [0.15, 0.2) is 12.1 Å². The van der Waals surface area contributed by atoms with Crippen LogP contribution in [0, 0.1) is 11.8 Å². The fraction of sp³-hybridized carbons (Fsp3) is 0.588. The summed E-state index contributed by atoms with van der Waals surface area (Å²) in [6.45, 7) is 9.02. The van der Waals surface area contributed by atoms with Gasteiger partial charge in [-0.3, -0.25) is 0 Å². The second kappa shape index (κ2) is 5.99. The van der Waals surface area contributed by atoms with Crippen molar-refractivity contribution in [2.45, 2.75) is 52.9 Å². The van der Waals surface area contributed by atoms with Crippen molar-refractivity contribution in [3.63, 3.8) is 0 Å². The monoisotopic (exact) mass is 318 g/mol. The van der Waals surface area contributed by atoms with Crippen molar-refractivity contribution in [2.24, 2.45) is 11.8 Å². The number of rotatable bonds is 3. The SMILES string of the molecule is CC(C)c1nn(-c2ccc(Cl)nn2)c2c1CCC(C(C)C)C2. The molecule has 5 heteroatoms. The Morgan fingerprint density at radius 1 is 1.18 bits per heavy atom. The maximum absolute atomic E-state index is 5.86. The maximum Gasteiger partial charge on any atom is 0.176 e. The average molecular weight is 319 g/mol. The van der Waals surface area contributed by atoms with Crippen molar-refractivity contribution in [3.05, 3.63) is 34.2 Å². The zero-order valence-corrected chi connectivity index (χ0v) is 14.4. The molecule has 2 heterocycles. The molecule has 1 unspecified atom stereocenters. The van der Waals surface area contributed by atoms with E-state index in [4.69, 9.17) is 16.7 Å². The minimum absolute atomic E-state index is 0.411. The molecular weight excluding hydrogens is 296 g/mol. The summed E-state index contributed by atoms with van der Waals surface area (Å²) in [6, 6.07) is 3.67. The van der Waals surface area contributed by atoms with Gasteiger partial charge in [-0.15, -0.1) is 10.2 Å². The molecule has 1 aliphatic rings. The summed E-state index contributed by atoms with van der Waals surface area (Å²) in [5.41, 5.74) is 3.93. The zero-order chi connectivity index (χ0) is 15.9. The lowest BCUT2D eigenvalue weighted by molar-refractivity contribution is 0.336. The predicted octanol–water partition coefficient (Wildman–Crippen LogP) is 4.20. The van der Waals surface area contributed by atoms with Gasteiger partial charge in [0, 0.05) is 5.69 Å². The van der Waals surface area contributed by atoms with E-state index in [9.17, 15) is 0 Å². The summed E-state index contributed by atoms with van der Waals surface area (Å²) in [6.07, 6.45) is 3.44. The van der Waals surface area contributed by atoms with Crippen molar-refractivity contribution in [2.75, 3.05) is 0 Å². The van der Waals surface area contributed by atoms with Gasteiger partial charge in [0.05, 0.1) is 5.69 Å². The third kappa shape index (κ3) is 2.76. The van der Waals surface area contributed by atoms with Crippen LogP contribution in [0.25, 0.3) is 5.82 Å². The normalized spacial score (nSPS) is 18.0. The van der Waals surface area contributed by atoms with E-state index in [1.807, 2.05) is 10.7 Å². The van der Waals surface area contributed by atoms with Gasteiger partial charge >= 0.3 is 0 Å². The molecular formula is C17H23ClN4. The first-order valence-electron chi connectivity index (χ1n) is 8.07. The molecule has 0 fully saturated rings. The summed E-state index contributed by atoms with van der Waals surface area (Å²) in [5.74, 6) is 2.58. The van der Waals surface area contributed by atoms with Crippen molar-refractivity contribution in [1.29, 1.82) is 0 Å². The molecule has 22 heavy (non-hydrogen) atoms. The molecule has 0 spiro atoms. The fourth-order valence-corrected chi connectivity index (χ4v) is 3.41. The van der Waals surface area contributed by atoms with E-state index in [1.54, 1.807) is 6.07 Å². The van der Waals surface area contributed by atoms with Gasteiger partial charge in [-0.2, -0.15) is 5.10 Å². The topological polar surface area (TPSA) is 43.6 Å². The number of hydrogen-bond donors (Lipinski definition) is 0. The minimum atomic E-state index is 0.411. The smallest absolute Gasteiger partial charge is 0.176 e. The van der Waals surface area contributed by atoms with Crippen LogP contribution in [0.3, 0.4) is 0 Å². The Bertz CT molecular complexity index is 658. The summed E-state index contributed by atoms with van der Waals surface area (Å²) in [4.78, 5) is 0. The van der Waals surface area contributed by atoms with Gasteiger partial charge in [0.25, 0.3) is 0 Å². The van der Waals surface area contributed by atoms with Gasteiger partial charge in [0.1, 0.15) is 0 Å². The van der Waals surface area contributed by atoms with Gasteiger partial charge in [-0.1, -0.05) is 39.3 Å². The molecule has 0 amide bonds. The molecule has 2 aromatic rings. The van der Waals surface area contributed by atoms with Crippen molar-refractivity contribution < 1.29 is 0 Å². The van der Waals surface area contributed by atoms with Crippen LogP contribution in [0.1, 0.15) is 57.0 Å². The molecule has 2 aromatic heterocycles. The predicted molar refractivity (Wildman–Crippen MR) is 88.6 cm³/mol. The van der Waals surface area contributed by atoms with Crippen LogP contribution in [0.5, 0.6) is 0 Å². The summed E-state index contributed by atoms with van der Waals surface area (Å²) < 4.78 is 1.99. The molecule has 1 aliphatic carbocycles. The van der Waals surface area contributed by atoms with Crippen LogP contribution in [0.2, 0.25) is 5.15 Å². The molecule has 0 bridgehead atoms. The number of aromatic nitrogens is 4. The average Bonchev–Trinajstić information content (AvgIpc) is 2.87. The first-order chi connectivity index (χ1) is 10.5. The molecule has 1 atom stereocenters. The van der Waals surface area contributed by atoms with Crippen LogP contribution < -0.4 is 0 Å². The third-order valence-corrected chi connectivity index (χ3v) is 4.87. The summed E-state index contributed by atoms with van der Waals surface area (Å²) >= 11 is 5.86. The van der Waals surface area contributed by atoms with E-state index >= 15 is 0 Å². The highest BCUT2D eigenvalue weighted by Crippen LogP contribution is 2.35. The van der Waals surface area contributed by atoms with E-state index in [0.29, 0.717) is 22.9 Å². The Labute approximate surface area is 136 Å². The summed E-state index contributed by atoms with van der Waals surface area (Å²) in [7, 11) is 0. The third-order valence-electron chi connectivity index (χ3n) is 4.67. The Morgan fingerprint density at radius 2 is 1.95 bits per heavy atom. The maximum atomic E-state index is 5.86. The number of nitrogens with zero attached hydrogens (tertiary/aromatic N) is 4. The molecule has 3 rings (SSSR count). The standard InChI is InChI=1S/C17H23ClN4/c1-10(2)12-5-6-13-14(9-12)22(21-17(13)11(3)4)16-8-7-15(18)19-20-16/h7-8,10-12H,5-6,9H2,1-4H3. The van der Waals surface area contributed by atoms with Crippen LogP contribution in [-0.4, -0.2) is 20.0 Å². The zero-order valence-electron chi connectivity index (χ0n) is 13.7. The van der Waals surface area contributed by atoms with Crippen molar-refractivity contribution >= 4 is 11.6 Å². The Balaban J connectivity index is 2.08. The molecule has 118 valence electrons. The summed E-state index contributed by atoms with van der Waals surface area (Å²) in [5, 5.41) is 13.5. The van der Waals surface area contributed by atoms with E-state index in [2.05, 4.69) is 37.9 Å². The largest absolute Gasteiger partial charge is 0.217 e. The number of halogens is 1. The lowest BCUT2D eigenvalue weighted by atomic mass is 9.79. The lowest BCUT2D eigenvalue weighted by Gasteiger charge is -2.26. The van der Waals surface area contributed by atoms with Gasteiger partial charge in [-0.25, -0.2) is 4.68 Å². The lowest BCUT2D eigenvalue weighted by Crippen LogP contribution is -2.21. The fourth-order valence-electron chi connectivity index (χ4n) is 3.31. The van der Waals surface area contributed by atoms with Crippen molar-refractivity contribution in [1.82, 2.24) is 20.0 Å². The van der Waals surface area contributed by atoms with E-state index < -0.39 is 0 Å². The Morgan fingerprint density at radius 3 is 2.55 bits per heavy atom. The van der Waals surface area contributed by atoms with Gasteiger partial charge < -0.3 is 0 Å². The highest BCUT2D eigenvalue weighted by molar-refractivity contribution is 6.29. The highest BCUT2D eigenvalue weighted by atomic mass is 35.5. The number of hydrogen-bond acceptors (Lipinski definition) is 3. The van der Waals surface area contributed by atoms with Crippen LogP contribution in [-0.2, 0) is 12.8 Å². The number of fused-ring (bicyclic) bond motifs is 1.